The van der Waals surface area contributed by atoms with Gasteiger partial charge in [-0.2, -0.15) is 0 Å². The van der Waals surface area contributed by atoms with Crippen molar-refractivity contribution >= 4 is 12.0 Å². The van der Waals surface area contributed by atoms with Gasteiger partial charge in [-0.3, -0.25) is 4.79 Å². The zero-order valence-electron chi connectivity index (χ0n) is 16.3. The molecule has 1 aliphatic heterocycles. The van der Waals surface area contributed by atoms with E-state index >= 15 is 0 Å². The van der Waals surface area contributed by atoms with E-state index in [1.54, 1.807) is 38.4 Å². The Bertz CT molecular complexity index is 653. The SMILES string of the molecule is COc1cc(OC)c(CC(C)NC(=O)N2CCCC(C(=O)O)C2)c(OC)c1. The summed E-state index contributed by atoms with van der Waals surface area (Å²) in [4.78, 5) is 25.3. The maximum atomic E-state index is 12.5. The highest BCUT2D eigenvalue weighted by atomic mass is 16.5. The van der Waals surface area contributed by atoms with Gasteiger partial charge in [-0.25, -0.2) is 4.79 Å². The molecule has 0 aliphatic carbocycles. The van der Waals surface area contributed by atoms with Gasteiger partial charge in [-0.05, 0) is 26.2 Å². The maximum Gasteiger partial charge on any atom is 0.317 e. The largest absolute Gasteiger partial charge is 0.496 e. The summed E-state index contributed by atoms with van der Waals surface area (Å²) in [5.41, 5.74) is 0.829. The number of piperidine rings is 1. The summed E-state index contributed by atoms with van der Waals surface area (Å²) in [6.45, 7) is 2.69. The van der Waals surface area contributed by atoms with Crippen LogP contribution in [0, 0.1) is 5.92 Å². The molecule has 1 aromatic carbocycles. The Balaban J connectivity index is 2.05. The standard InChI is InChI=1S/C19H28N2O6/c1-12(20-19(24)21-7-5-6-13(11-21)18(22)23)8-15-16(26-3)9-14(25-2)10-17(15)27-4/h9-10,12-13H,5-8,11H2,1-4H3,(H,20,24)(H,22,23). The van der Waals surface area contributed by atoms with Gasteiger partial charge in [0.15, 0.2) is 0 Å². The lowest BCUT2D eigenvalue weighted by molar-refractivity contribution is -0.143. The first kappa shape index (κ1) is 20.7. The lowest BCUT2D eigenvalue weighted by atomic mass is 9.98. The summed E-state index contributed by atoms with van der Waals surface area (Å²) >= 11 is 0. The van der Waals surface area contributed by atoms with Crippen molar-refractivity contribution in [2.24, 2.45) is 5.92 Å². The van der Waals surface area contributed by atoms with Crippen LogP contribution in [0.25, 0.3) is 0 Å². The molecule has 0 aromatic heterocycles. The number of benzene rings is 1. The molecule has 27 heavy (non-hydrogen) atoms. The summed E-state index contributed by atoms with van der Waals surface area (Å²) < 4.78 is 16.1. The first-order valence-corrected chi connectivity index (χ1v) is 8.96. The highest BCUT2D eigenvalue weighted by Gasteiger charge is 2.28. The van der Waals surface area contributed by atoms with Gasteiger partial charge in [0.05, 0.1) is 27.2 Å². The van der Waals surface area contributed by atoms with Gasteiger partial charge in [0.2, 0.25) is 0 Å². The molecule has 2 rings (SSSR count). The molecule has 0 bridgehead atoms. The lowest BCUT2D eigenvalue weighted by Gasteiger charge is -2.32. The predicted octanol–water partition coefficient (Wildman–Crippen LogP) is 2.15. The van der Waals surface area contributed by atoms with Crippen molar-refractivity contribution in [1.82, 2.24) is 10.2 Å². The number of nitrogens with one attached hydrogen (secondary N) is 1. The molecule has 1 aromatic rings. The van der Waals surface area contributed by atoms with Crippen molar-refractivity contribution in [1.29, 1.82) is 0 Å². The first-order chi connectivity index (χ1) is 12.9. The summed E-state index contributed by atoms with van der Waals surface area (Å²) in [5.74, 6) is 0.513. The minimum atomic E-state index is -0.853. The second-order valence-electron chi connectivity index (χ2n) is 6.69. The number of methoxy groups -OCH3 is 3. The van der Waals surface area contributed by atoms with Crippen molar-refractivity contribution in [3.63, 3.8) is 0 Å². The number of rotatable bonds is 7. The quantitative estimate of drug-likeness (QED) is 0.752. The molecule has 0 spiro atoms. The molecule has 150 valence electrons. The van der Waals surface area contributed by atoms with Crippen LogP contribution >= 0.6 is 0 Å². The highest BCUT2D eigenvalue weighted by Crippen LogP contribution is 2.34. The Morgan fingerprint density at radius 3 is 2.37 bits per heavy atom. The van der Waals surface area contributed by atoms with E-state index in [1.165, 1.54) is 0 Å². The molecule has 1 saturated heterocycles. The third-order valence-electron chi connectivity index (χ3n) is 4.76. The Labute approximate surface area is 159 Å². The number of urea groups is 1. The molecular formula is C19H28N2O6. The van der Waals surface area contributed by atoms with Crippen LogP contribution < -0.4 is 19.5 Å². The highest BCUT2D eigenvalue weighted by molar-refractivity contribution is 5.76. The summed E-state index contributed by atoms with van der Waals surface area (Å²) in [5, 5.41) is 12.1. The van der Waals surface area contributed by atoms with Gasteiger partial charge in [-0.15, -0.1) is 0 Å². The second kappa shape index (κ2) is 9.34. The van der Waals surface area contributed by atoms with E-state index in [9.17, 15) is 14.7 Å². The topological polar surface area (TPSA) is 97.3 Å². The Kier molecular flexibility index (Phi) is 7.15. The molecule has 1 fully saturated rings. The smallest absolute Gasteiger partial charge is 0.317 e. The van der Waals surface area contributed by atoms with Crippen LogP contribution in [0.2, 0.25) is 0 Å². The van der Waals surface area contributed by atoms with E-state index < -0.39 is 11.9 Å². The van der Waals surface area contributed by atoms with Gasteiger partial charge in [0.1, 0.15) is 17.2 Å². The molecule has 2 amide bonds. The number of aliphatic carboxylic acids is 1. The van der Waals surface area contributed by atoms with Gasteiger partial charge < -0.3 is 29.5 Å². The molecule has 8 nitrogen and oxygen atoms in total. The molecule has 0 saturated carbocycles. The third kappa shape index (κ3) is 5.18. The Hall–Kier alpha value is -2.64. The molecule has 8 heteroatoms. The zero-order valence-corrected chi connectivity index (χ0v) is 16.3. The molecule has 2 N–H and O–H groups in total. The number of ether oxygens (including phenoxy) is 3. The van der Waals surface area contributed by atoms with E-state index in [0.717, 1.165) is 5.56 Å². The number of carbonyl (C=O) groups excluding carboxylic acids is 1. The van der Waals surface area contributed by atoms with Crippen LogP contribution in [0.5, 0.6) is 17.2 Å². The van der Waals surface area contributed by atoms with Crippen molar-refractivity contribution in [3.05, 3.63) is 17.7 Å². The molecular weight excluding hydrogens is 352 g/mol. The van der Waals surface area contributed by atoms with Crippen LogP contribution in [0.4, 0.5) is 4.79 Å². The number of hydrogen-bond donors (Lipinski definition) is 2. The number of carboxylic acid groups (broad SMARTS) is 1. The Morgan fingerprint density at radius 1 is 1.22 bits per heavy atom. The average molecular weight is 380 g/mol. The van der Waals surface area contributed by atoms with Gasteiger partial charge >= 0.3 is 12.0 Å². The first-order valence-electron chi connectivity index (χ1n) is 8.96. The summed E-state index contributed by atoms with van der Waals surface area (Å²) in [6, 6.07) is 3.10. The number of amides is 2. The van der Waals surface area contributed by atoms with Gasteiger partial charge in [0, 0.05) is 36.8 Å². The second-order valence-corrected chi connectivity index (χ2v) is 6.69. The minimum Gasteiger partial charge on any atom is -0.496 e. The third-order valence-corrected chi connectivity index (χ3v) is 4.76. The fraction of sp³-hybridized carbons (Fsp3) is 0.579. The van der Waals surface area contributed by atoms with Crippen LogP contribution in [0.1, 0.15) is 25.3 Å². The molecule has 2 atom stereocenters. The van der Waals surface area contributed by atoms with Crippen molar-refractivity contribution in [2.75, 3.05) is 34.4 Å². The Morgan fingerprint density at radius 2 is 1.85 bits per heavy atom. The van der Waals surface area contributed by atoms with Gasteiger partial charge in [0.25, 0.3) is 0 Å². The van der Waals surface area contributed by atoms with Crippen molar-refractivity contribution in [2.45, 2.75) is 32.2 Å². The molecule has 2 unspecified atom stereocenters. The lowest BCUT2D eigenvalue weighted by Crippen LogP contribution is -2.49. The number of nitrogens with zero attached hydrogens (tertiary/aromatic N) is 1. The zero-order chi connectivity index (χ0) is 20.0. The molecule has 1 heterocycles. The van der Waals surface area contributed by atoms with E-state index in [4.69, 9.17) is 14.2 Å². The van der Waals surface area contributed by atoms with E-state index in [1.807, 2.05) is 6.92 Å². The molecule has 1 aliphatic rings. The molecule has 0 radical (unpaired) electrons. The normalized spacial score (nSPS) is 17.8. The van der Waals surface area contributed by atoms with Crippen LogP contribution in [-0.2, 0) is 11.2 Å². The number of likely N-dealkylation sites (tertiary alicyclic amines) is 1. The van der Waals surface area contributed by atoms with Crippen LogP contribution in [-0.4, -0.2) is 62.5 Å². The van der Waals surface area contributed by atoms with Gasteiger partial charge in [-0.1, -0.05) is 0 Å². The fourth-order valence-corrected chi connectivity index (χ4v) is 3.30. The van der Waals surface area contributed by atoms with Crippen molar-refractivity contribution < 1.29 is 28.9 Å². The number of hydrogen-bond acceptors (Lipinski definition) is 5. The maximum absolute atomic E-state index is 12.5. The monoisotopic (exact) mass is 380 g/mol. The van der Waals surface area contributed by atoms with Crippen molar-refractivity contribution in [3.8, 4) is 17.2 Å². The van der Waals surface area contributed by atoms with E-state index in [0.29, 0.717) is 43.1 Å². The predicted molar refractivity (Wildman–Crippen MR) is 99.7 cm³/mol. The average Bonchev–Trinajstić information content (AvgIpc) is 2.67. The fourth-order valence-electron chi connectivity index (χ4n) is 3.30. The van der Waals surface area contributed by atoms with E-state index in [-0.39, 0.29) is 18.6 Å². The number of carboxylic acids is 1. The minimum absolute atomic E-state index is 0.195. The van der Waals surface area contributed by atoms with Crippen LogP contribution in [0.15, 0.2) is 12.1 Å². The summed E-state index contributed by atoms with van der Waals surface area (Å²) in [6.07, 6.45) is 1.80. The summed E-state index contributed by atoms with van der Waals surface area (Å²) in [7, 11) is 4.71. The van der Waals surface area contributed by atoms with E-state index in [2.05, 4.69) is 5.32 Å². The van der Waals surface area contributed by atoms with Crippen LogP contribution in [0.3, 0.4) is 0 Å². The number of carbonyl (C=O) groups is 2.